The summed E-state index contributed by atoms with van der Waals surface area (Å²) in [4.78, 5) is 13.7. The SMILES string of the molecule is Cc1ccccc1S(=O)(=O)C1(N2CCCCC2)C=CC(OC(=O)c2ccccc2)=CC1. The van der Waals surface area contributed by atoms with E-state index in [1.54, 1.807) is 54.6 Å². The maximum absolute atomic E-state index is 13.9. The van der Waals surface area contributed by atoms with E-state index in [4.69, 9.17) is 4.74 Å². The molecule has 0 bridgehead atoms. The van der Waals surface area contributed by atoms with Crippen molar-refractivity contribution in [3.63, 3.8) is 0 Å². The maximum Gasteiger partial charge on any atom is 0.343 e. The zero-order valence-corrected chi connectivity index (χ0v) is 18.5. The number of likely N-dealkylation sites (tertiary alicyclic amines) is 1. The molecule has 0 aromatic heterocycles. The van der Waals surface area contributed by atoms with E-state index >= 15 is 0 Å². The lowest BCUT2D eigenvalue weighted by molar-refractivity contribution is 0.0631. The van der Waals surface area contributed by atoms with Crippen LogP contribution in [0.2, 0.25) is 0 Å². The lowest BCUT2D eigenvalue weighted by atomic mass is 10.0. The van der Waals surface area contributed by atoms with Gasteiger partial charge < -0.3 is 4.74 Å². The zero-order valence-electron chi connectivity index (χ0n) is 17.7. The summed E-state index contributed by atoms with van der Waals surface area (Å²) in [6, 6.07) is 15.9. The predicted octanol–water partition coefficient (Wildman–Crippen LogP) is 4.65. The van der Waals surface area contributed by atoms with Gasteiger partial charge in [0, 0.05) is 6.42 Å². The summed E-state index contributed by atoms with van der Waals surface area (Å²) in [5.41, 5.74) is 1.19. The quantitative estimate of drug-likeness (QED) is 0.637. The Bertz CT molecular complexity index is 1120. The molecule has 1 saturated heterocycles. The highest BCUT2D eigenvalue weighted by atomic mass is 32.2. The van der Waals surface area contributed by atoms with Crippen LogP contribution >= 0.6 is 0 Å². The highest BCUT2D eigenvalue weighted by molar-refractivity contribution is 7.93. The van der Waals surface area contributed by atoms with Crippen LogP contribution in [0.5, 0.6) is 0 Å². The minimum atomic E-state index is -3.70. The van der Waals surface area contributed by atoms with Crippen molar-refractivity contribution in [2.75, 3.05) is 13.1 Å². The molecule has 2 aromatic carbocycles. The molecule has 0 saturated carbocycles. The van der Waals surface area contributed by atoms with E-state index in [9.17, 15) is 13.2 Å². The second-order valence-corrected chi connectivity index (χ2v) is 10.2. The lowest BCUT2D eigenvalue weighted by Gasteiger charge is -2.44. The van der Waals surface area contributed by atoms with Gasteiger partial charge in [-0.25, -0.2) is 13.2 Å². The number of rotatable bonds is 5. The highest BCUT2D eigenvalue weighted by Crippen LogP contribution is 2.40. The molecule has 2 aromatic rings. The third-order valence-electron chi connectivity index (χ3n) is 6.06. The predicted molar refractivity (Wildman–Crippen MR) is 120 cm³/mol. The van der Waals surface area contributed by atoms with Crippen LogP contribution in [0.1, 0.15) is 41.6 Å². The molecular formula is C25H27NO4S. The Hall–Kier alpha value is -2.70. The normalized spacial score (nSPS) is 22.0. The van der Waals surface area contributed by atoms with Crippen LogP contribution < -0.4 is 0 Å². The molecule has 0 N–H and O–H groups in total. The van der Waals surface area contributed by atoms with Gasteiger partial charge >= 0.3 is 5.97 Å². The van der Waals surface area contributed by atoms with Gasteiger partial charge in [-0.15, -0.1) is 0 Å². The molecule has 0 spiro atoms. The number of ether oxygens (including phenoxy) is 1. The minimum absolute atomic E-state index is 0.234. The third kappa shape index (κ3) is 4.10. The van der Waals surface area contributed by atoms with E-state index in [2.05, 4.69) is 4.90 Å². The average molecular weight is 438 g/mol. The average Bonchev–Trinajstić information content (AvgIpc) is 2.81. The Morgan fingerprint density at radius 1 is 0.968 bits per heavy atom. The van der Waals surface area contributed by atoms with E-state index in [-0.39, 0.29) is 6.42 Å². The molecule has 0 amide bonds. The zero-order chi connectivity index (χ0) is 21.9. The molecule has 1 aliphatic carbocycles. The second kappa shape index (κ2) is 8.81. The molecule has 1 fully saturated rings. The molecule has 1 atom stereocenters. The molecule has 1 heterocycles. The van der Waals surface area contributed by atoms with Crippen LogP contribution in [0.25, 0.3) is 0 Å². The summed E-state index contributed by atoms with van der Waals surface area (Å²) < 4.78 is 33.4. The van der Waals surface area contributed by atoms with Gasteiger partial charge in [-0.05, 0) is 74.8 Å². The van der Waals surface area contributed by atoms with Crippen LogP contribution in [-0.2, 0) is 14.6 Å². The van der Waals surface area contributed by atoms with E-state index in [0.717, 1.165) is 37.9 Å². The summed E-state index contributed by atoms with van der Waals surface area (Å²) in [5, 5.41) is 0. The smallest absolute Gasteiger partial charge is 0.343 e. The number of nitrogens with zero attached hydrogens (tertiary/aromatic N) is 1. The number of carbonyl (C=O) groups is 1. The van der Waals surface area contributed by atoms with Crippen molar-refractivity contribution in [2.45, 2.75) is 42.4 Å². The number of esters is 1. The molecule has 162 valence electrons. The van der Waals surface area contributed by atoms with Crippen LogP contribution in [-0.4, -0.2) is 37.2 Å². The van der Waals surface area contributed by atoms with Crippen LogP contribution in [0.15, 0.2) is 83.5 Å². The molecule has 0 radical (unpaired) electrons. The van der Waals surface area contributed by atoms with Gasteiger partial charge in [-0.3, -0.25) is 4.90 Å². The number of piperidine rings is 1. The Morgan fingerprint density at radius 2 is 1.65 bits per heavy atom. The van der Waals surface area contributed by atoms with Crippen molar-refractivity contribution in [3.05, 3.63) is 89.7 Å². The monoisotopic (exact) mass is 437 g/mol. The van der Waals surface area contributed by atoms with Crippen LogP contribution in [0.4, 0.5) is 0 Å². The molecule has 1 unspecified atom stereocenters. The van der Waals surface area contributed by atoms with Crippen molar-refractivity contribution in [2.24, 2.45) is 0 Å². The molecule has 1 aliphatic heterocycles. The number of allylic oxidation sites excluding steroid dienone is 1. The van der Waals surface area contributed by atoms with Gasteiger partial charge in [0.1, 0.15) is 5.76 Å². The third-order valence-corrected chi connectivity index (χ3v) is 8.59. The maximum atomic E-state index is 13.9. The summed E-state index contributed by atoms with van der Waals surface area (Å²) in [7, 11) is -3.70. The molecule has 6 heteroatoms. The van der Waals surface area contributed by atoms with E-state index < -0.39 is 20.7 Å². The Morgan fingerprint density at radius 3 is 2.29 bits per heavy atom. The van der Waals surface area contributed by atoms with E-state index in [1.165, 1.54) is 0 Å². The van der Waals surface area contributed by atoms with Gasteiger partial charge in [0.15, 0.2) is 4.87 Å². The Labute approximate surface area is 184 Å². The topological polar surface area (TPSA) is 63.7 Å². The van der Waals surface area contributed by atoms with Gasteiger partial charge in [0.05, 0.1) is 10.5 Å². The van der Waals surface area contributed by atoms with Crippen molar-refractivity contribution in [1.29, 1.82) is 0 Å². The van der Waals surface area contributed by atoms with Crippen molar-refractivity contribution in [3.8, 4) is 0 Å². The van der Waals surface area contributed by atoms with Gasteiger partial charge in [0.2, 0.25) is 9.84 Å². The molecular weight excluding hydrogens is 410 g/mol. The van der Waals surface area contributed by atoms with Gasteiger partial charge in [0.25, 0.3) is 0 Å². The first-order valence-electron chi connectivity index (χ1n) is 10.7. The Kier molecular flexibility index (Phi) is 6.12. The summed E-state index contributed by atoms with van der Waals surface area (Å²) in [6.45, 7) is 3.27. The fourth-order valence-corrected chi connectivity index (χ4v) is 6.54. The van der Waals surface area contributed by atoms with Crippen LogP contribution in [0, 0.1) is 6.92 Å². The van der Waals surface area contributed by atoms with Gasteiger partial charge in [-0.1, -0.05) is 42.8 Å². The number of benzene rings is 2. The number of aryl methyl sites for hydroxylation is 1. The molecule has 5 nitrogen and oxygen atoms in total. The Balaban J connectivity index is 1.66. The van der Waals surface area contributed by atoms with Crippen molar-refractivity contribution >= 4 is 15.8 Å². The number of carbonyl (C=O) groups excluding carboxylic acids is 1. The fraction of sp³-hybridized carbons (Fsp3) is 0.320. The standard InChI is InChI=1S/C25H27NO4S/c1-20-10-6-7-13-23(20)31(28,29)25(26-18-8-3-9-19-26)16-14-22(15-17-25)30-24(27)21-11-4-2-5-12-21/h2,4-7,10-16H,3,8-9,17-19H2,1H3. The fourth-order valence-electron chi connectivity index (χ4n) is 4.34. The summed E-state index contributed by atoms with van der Waals surface area (Å²) in [6.07, 6.45) is 8.36. The van der Waals surface area contributed by atoms with Crippen molar-refractivity contribution in [1.82, 2.24) is 4.90 Å². The summed E-state index contributed by atoms with van der Waals surface area (Å²) >= 11 is 0. The molecule has 2 aliphatic rings. The second-order valence-electron chi connectivity index (χ2n) is 8.06. The molecule has 31 heavy (non-hydrogen) atoms. The number of sulfone groups is 1. The van der Waals surface area contributed by atoms with E-state index in [1.807, 2.05) is 25.1 Å². The number of hydrogen-bond donors (Lipinski definition) is 0. The highest BCUT2D eigenvalue weighted by Gasteiger charge is 2.48. The van der Waals surface area contributed by atoms with E-state index in [0.29, 0.717) is 16.2 Å². The summed E-state index contributed by atoms with van der Waals surface area (Å²) in [5.74, 6) is -0.0785. The van der Waals surface area contributed by atoms with Crippen molar-refractivity contribution < 1.29 is 17.9 Å². The minimum Gasteiger partial charge on any atom is -0.423 e. The van der Waals surface area contributed by atoms with Gasteiger partial charge in [-0.2, -0.15) is 0 Å². The lowest BCUT2D eigenvalue weighted by Crippen LogP contribution is -2.55. The first kappa shape index (κ1) is 21.5. The largest absolute Gasteiger partial charge is 0.423 e. The first-order chi connectivity index (χ1) is 14.9. The van der Waals surface area contributed by atoms with Crippen LogP contribution in [0.3, 0.4) is 0 Å². The number of hydrogen-bond acceptors (Lipinski definition) is 5. The first-order valence-corrected chi connectivity index (χ1v) is 12.1. The molecule has 4 rings (SSSR count).